The number of allylic oxidation sites excluding steroid dienone is 3. The van der Waals surface area contributed by atoms with Crippen LogP contribution in [-0.2, 0) is 47.6 Å². The molecule has 39 heavy (non-hydrogen) atoms. The van der Waals surface area contributed by atoms with Gasteiger partial charge in [-0.05, 0) is 37.2 Å². The van der Waals surface area contributed by atoms with E-state index in [1.165, 1.54) is 27.7 Å². The van der Waals surface area contributed by atoms with E-state index in [0.29, 0.717) is 18.4 Å². The summed E-state index contributed by atoms with van der Waals surface area (Å²) in [7, 11) is 1.57. The summed E-state index contributed by atoms with van der Waals surface area (Å²) in [4.78, 5) is 49.5. The zero-order valence-electron chi connectivity index (χ0n) is 24.0. The number of carbonyl (C=O) groups excluding carboxylic acids is 4. The summed E-state index contributed by atoms with van der Waals surface area (Å²) in [5.74, 6) is -3.17. The second kappa shape index (κ2) is 11.6. The Morgan fingerprint density at radius 3 is 2.10 bits per heavy atom. The normalized spacial score (nSPS) is 37.5. The second-order valence-electron chi connectivity index (χ2n) is 10.9. The number of methoxy groups -OCH3 is 1. The lowest BCUT2D eigenvalue weighted by Crippen LogP contribution is -2.69. The first kappa shape index (κ1) is 30.6. The van der Waals surface area contributed by atoms with Gasteiger partial charge in [-0.2, -0.15) is 0 Å². The highest BCUT2D eigenvalue weighted by Crippen LogP contribution is 2.68. The van der Waals surface area contributed by atoms with Crippen LogP contribution in [0.3, 0.4) is 0 Å². The molecule has 1 aliphatic heterocycles. The lowest BCUT2D eigenvalue weighted by Gasteiger charge is -2.62. The van der Waals surface area contributed by atoms with Crippen molar-refractivity contribution in [2.75, 3.05) is 7.11 Å². The molecule has 0 aromatic carbocycles. The lowest BCUT2D eigenvalue weighted by molar-refractivity contribution is -0.279. The first-order valence-electron chi connectivity index (χ1n) is 13.1. The van der Waals surface area contributed by atoms with Crippen molar-refractivity contribution in [1.29, 1.82) is 0 Å². The summed E-state index contributed by atoms with van der Waals surface area (Å²) in [6.45, 7) is 14.8. The molecule has 2 aliphatic carbocycles. The van der Waals surface area contributed by atoms with Crippen LogP contribution >= 0.6 is 0 Å². The number of ether oxygens (including phenoxy) is 6. The Labute approximate surface area is 229 Å². The van der Waals surface area contributed by atoms with Gasteiger partial charge in [-0.15, -0.1) is 0 Å². The Morgan fingerprint density at radius 1 is 1.00 bits per heavy atom. The highest BCUT2D eigenvalue weighted by Gasteiger charge is 2.75. The minimum atomic E-state index is -1.36. The Bertz CT molecular complexity index is 1080. The molecular formula is C29H40O10. The summed E-state index contributed by atoms with van der Waals surface area (Å²) < 4.78 is 35.2. The Morgan fingerprint density at radius 2 is 1.59 bits per heavy atom. The van der Waals surface area contributed by atoms with E-state index in [1.54, 1.807) is 19.3 Å². The predicted octanol–water partition coefficient (Wildman–Crippen LogP) is 3.78. The number of hydrogen-bond donors (Lipinski definition) is 0. The molecule has 9 atom stereocenters. The third-order valence-electron chi connectivity index (χ3n) is 8.53. The fraction of sp³-hybridized carbons (Fsp3) is 0.655. The number of rotatable bonds is 8. The maximum atomic E-state index is 12.6. The summed E-state index contributed by atoms with van der Waals surface area (Å²) in [5.41, 5.74) is -0.595. The summed E-state index contributed by atoms with van der Waals surface area (Å²) in [6.07, 6.45) is 1.52. The molecule has 1 saturated heterocycles. The smallest absolute Gasteiger partial charge is 0.305 e. The third-order valence-corrected chi connectivity index (χ3v) is 8.53. The largest absolute Gasteiger partial charge is 0.458 e. The summed E-state index contributed by atoms with van der Waals surface area (Å²) in [6, 6.07) is 0. The van der Waals surface area contributed by atoms with E-state index in [9.17, 15) is 19.2 Å². The zero-order chi connectivity index (χ0) is 29.3. The highest BCUT2D eigenvalue weighted by molar-refractivity contribution is 5.69. The maximum absolute atomic E-state index is 12.6. The molecule has 10 heteroatoms. The molecule has 1 saturated carbocycles. The van der Waals surface area contributed by atoms with Crippen LogP contribution in [0.4, 0.5) is 0 Å². The van der Waals surface area contributed by atoms with Gasteiger partial charge in [0.2, 0.25) is 12.6 Å². The van der Waals surface area contributed by atoms with Gasteiger partial charge in [0, 0.05) is 46.3 Å². The van der Waals surface area contributed by atoms with E-state index in [-0.39, 0.29) is 5.92 Å². The van der Waals surface area contributed by atoms with Crippen LogP contribution in [0.5, 0.6) is 0 Å². The van der Waals surface area contributed by atoms with Crippen molar-refractivity contribution in [2.45, 2.75) is 92.2 Å². The van der Waals surface area contributed by atoms with Crippen molar-refractivity contribution in [3.8, 4) is 0 Å². The van der Waals surface area contributed by atoms with E-state index in [4.69, 9.17) is 28.4 Å². The molecule has 2 fully saturated rings. The molecule has 0 amide bonds. The van der Waals surface area contributed by atoms with Crippen LogP contribution in [0, 0.1) is 22.7 Å². The molecule has 1 heterocycles. The van der Waals surface area contributed by atoms with Crippen LogP contribution in [0.15, 0.2) is 36.0 Å². The van der Waals surface area contributed by atoms with Gasteiger partial charge in [-0.3, -0.25) is 23.9 Å². The number of hydrogen-bond acceptors (Lipinski definition) is 10. The molecule has 10 nitrogen and oxygen atoms in total. The topological polar surface area (TPSA) is 124 Å². The van der Waals surface area contributed by atoms with Crippen LogP contribution in [0.2, 0.25) is 0 Å². The average molecular weight is 549 g/mol. The van der Waals surface area contributed by atoms with E-state index in [1.807, 2.05) is 19.9 Å². The molecule has 3 rings (SSSR count). The van der Waals surface area contributed by atoms with Gasteiger partial charge in [-0.25, -0.2) is 0 Å². The van der Waals surface area contributed by atoms with Crippen LogP contribution in [0.25, 0.3) is 0 Å². The van der Waals surface area contributed by atoms with Gasteiger partial charge in [0.15, 0.2) is 6.10 Å². The summed E-state index contributed by atoms with van der Waals surface area (Å²) >= 11 is 0. The van der Waals surface area contributed by atoms with E-state index < -0.39 is 71.5 Å². The van der Waals surface area contributed by atoms with Crippen molar-refractivity contribution in [2.24, 2.45) is 22.7 Å². The molecule has 0 radical (unpaired) electrons. The van der Waals surface area contributed by atoms with Crippen LogP contribution < -0.4 is 0 Å². The molecule has 1 spiro atoms. The molecular weight excluding hydrogens is 508 g/mol. The first-order chi connectivity index (χ1) is 18.2. The maximum Gasteiger partial charge on any atom is 0.305 e. The predicted molar refractivity (Wildman–Crippen MR) is 139 cm³/mol. The van der Waals surface area contributed by atoms with Gasteiger partial charge in [-0.1, -0.05) is 38.2 Å². The van der Waals surface area contributed by atoms with Gasteiger partial charge in [0.25, 0.3) is 0 Å². The SMILES string of the molecule is C=C/C(C)=C/C[C@]1(C)[C@H](C)[C@@H](OC(C)=O)[C@H](OC(C)=O)[C@@]23C(=C[C@H](OC)C[C@@H]12)[C@@H](OC(C)=O)O[C@H]3OC(C)=O. The van der Waals surface area contributed by atoms with Crippen LogP contribution in [-0.4, -0.2) is 61.9 Å². The van der Waals surface area contributed by atoms with Gasteiger partial charge in [0.05, 0.1) is 6.10 Å². The first-order valence-corrected chi connectivity index (χ1v) is 13.1. The van der Waals surface area contributed by atoms with Gasteiger partial charge in [0.1, 0.15) is 11.5 Å². The summed E-state index contributed by atoms with van der Waals surface area (Å²) in [5, 5.41) is 0. The van der Waals surface area contributed by atoms with Gasteiger partial charge >= 0.3 is 23.9 Å². The third kappa shape index (κ3) is 5.54. The van der Waals surface area contributed by atoms with E-state index in [0.717, 1.165) is 5.57 Å². The van der Waals surface area contributed by atoms with E-state index >= 15 is 0 Å². The molecule has 3 aliphatic rings. The molecule has 0 unspecified atom stereocenters. The van der Waals surface area contributed by atoms with E-state index in [2.05, 4.69) is 13.5 Å². The number of esters is 4. The minimum absolute atomic E-state index is 0.335. The molecule has 0 aromatic heterocycles. The molecule has 0 bridgehead atoms. The minimum Gasteiger partial charge on any atom is -0.458 e. The fourth-order valence-electron chi connectivity index (χ4n) is 6.63. The lowest BCUT2D eigenvalue weighted by atomic mass is 9.44. The average Bonchev–Trinajstić information content (AvgIpc) is 3.14. The van der Waals surface area contributed by atoms with Crippen molar-refractivity contribution >= 4 is 23.9 Å². The van der Waals surface area contributed by atoms with Crippen LogP contribution in [0.1, 0.15) is 61.3 Å². The Balaban J connectivity index is 2.41. The van der Waals surface area contributed by atoms with Gasteiger partial charge < -0.3 is 23.7 Å². The van der Waals surface area contributed by atoms with Crippen molar-refractivity contribution in [1.82, 2.24) is 0 Å². The molecule has 0 N–H and O–H groups in total. The number of carbonyl (C=O) groups is 4. The van der Waals surface area contributed by atoms with Crippen molar-refractivity contribution < 1.29 is 47.6 Å². The Kier molecular flexibility index (Phi) is 9.12. The Hall–Kier alpha value is -2.98. The standard InChI is InChI=1S/C29H40O10/c1-10-15(2)11-12-28(8)16(3)24(35-17(4)30)25(36-18(5)31)29-22(13-21(34-9)14-23(28)29)26(37-19(6)32)39-27(29)38-20(7)33/h10-11,13,16,21,23-27H,1,12,14H2,2-9H3/b15-11+/t16-,21+,23+,24-,25+,26+,27-,28-,29-/m1/s1. The second-order valence-corrected chi connectivity index (χ2v) is 10.9. The molecule has 0 aromatic rings. The van der Waals surface area contributed by atoms with Crippen molar-refractivity contribution in [3.05, 3.63) is 36.0 Å². The monoisotopic (exact) mass is 548 g/mol. The molecule has 216 valence electrons. The zero-order valence-corrected chi connectivity index (χ0v) is 24.0. The fourth-order valence-corrected chi connectivity index (χ4v) is 6.63. The quantitative estimate of drug-likeness (QED) is 0.192. The highest BCUT2D eigenvalue weighted by atomic mass is 16.8. The van der Waals surface area contributed by atoms with Crippen molar-refractivity contribution in [3.63, 3.8) is 0 Å².